The summed E-state index contributed by atoms with van der Waals surface area (Å²) in [5.74, 6) is -0.403. The highest BCUT2D eigenvalue weighted by molar-refractivity contribution is 5.70. The summed E-state index contributed by atoms with van der Waals surface area (Å²) in [7, 11) is 0. The molecule has 152 valence electrons. The monoisotopic (exact) mass is 407 g/mol. The lowest BCUT2D eigenvalue weighted by Gasteiger charge is -2.09. The topological polar surface area (TPSA) is 81.8 Å². The van der Waals surface area contributed by atoms with E-state index in [9.17, 15) is 18.0 Å². The molecule has 1 aromatic heterocycles. The van der Waals surface area contributed by atoms with Crippen molar-refractivity contribution in [2.75, 3.05) is 6.61 Å². The lowest BCUT2D eigenvalue weighted by molar-refractivity contribution is -0.274. The van der Waals surface area contributed by atoms with E-state index in [1.54, 1.807) is 30.3 Å². The smallest absolute Gasteiger partial charge is 0.493 e. The van der Waals surface area contributed by atoms with Crippen LogP contribution < -0.4 is 9.47 Å². The lowest BCUT2D eigenvalue weighted by Crippen LogP contribution is -2.17. The molecule has 0 bridgehead atoms. The van der Waals surface area contributed by atoms with E-state index in [1.165, 1.54) is 24.5 Å². The Kier molecular flexibility index (Phi) is 6.06. The highest BCUT2D eigenvalue weighted by atomic mass is 19.4. The van der Waals surface area contributed by atoms with Gasteiger partial charge in [-0.05, 0) is 29.8 Å². The molecule has 0 aliphatic carbocycles. The molecule has 0 atom stereocenters. The van der Waals surface area contributed by atoms with Crippen molar-refractivity contribution < 1.29 is 37.0 Å². The number of aromatic nitrogens is 1. The minimum absolute atomic E-state index is 0.0998. The number of carboxylic acid groups (broad SMARTS) is 1. The van der Waals surface area contributed by atoms with Crippen molar-refractivity contribution in [1.29, 1.82) is 0 Å². The Bertz CT molecular complexity index is 984. The van der Waals surface area contributed by atoms with Gasteiger partial charge in [0.15, 0.2) is 5.89 Å². The molecule has 9 heteroatoms. The largest absolute Gasteiger partial charge is 0.573 e. The SMILES string of the molecule is O=C(O)Cc1cccc(OCCc2nc(-c3cccc(OC(F)(F)F)c3)co2)c1. The molecule has 29 heavy (non-hydrogen) atoms. The van der Waals surface area contributed by atoms with Crippen LogP contribution in [-0.2, 0) is 17.6 Å². The minimum atomic E-state index is -4.77. The molecule has 0 radical (unpaired) electrons. The van der Waals surface area contributed by atoms with Crippen LogP contribution in [0.5, 0.6) is 11.5 Å². The van der Waals surface area contributed by atoms with Gasteiger partial charge in [-0.1, -0.05) is 24.3 Å². The molecular formula is C20H16F3NO5. The number of ether oxygens (including phenoxy) is 2. The first-order chi connectivity index (χ1) is 13.8. The standard InChI is InChI=1S/C20H16F3NO5/c21-20(22,23)29-16-6-2-4-14(11-16)17-12-28-18(24-17)7-8-27-15-5-1-3-13(9-15)10-19(25)26/h1-6,9,11-12H,7-8,10H2,(H,25,26). The second-order valence-electron chi connectivity index (χ2n) is 6.02. The van der Waals surface area contributed by atoms with Gasteiger partial charge in [-0.3, -0.25) is 4.79 Å². The Morgan fingerprint density at radius 2 is 1.86 bits per heavy atom. The molecule has 0 aliphatic heterocycles. The number of oxazole rings is 1. The molecule has 1 N–H and O–H groups in total. The lowest BCUT2D eigenvalue weighted by atomic mass is 10.1. The molecule has 3 rings (SSSR count). The first-order valence-electron chi connectivity index (χ1n) is 8.52. The number of alkyl halides is 3. The van der Waals surface area contributed by atoms with Crippen molar-refractivity contribution in [2.24, 2.45) is 0 Å². The molecular weight excluding hydrogens is 391 g/mol. The Morgan fingerprint density at radius 1 is 1.10 bits per heavy atom. The predicted octanol–water partition coefficient (Wildman–Crippen LogP) is 4.49. The molecule has 0 spiro atoms. The number of carbonyl (C=O) groups is 1. The van der Waals surface area contributed by atoms with Gasteiger partial charge in [0.2, 0.25) is 0 Å². The van der Waals surface area contributed by atoms with Crippen LogP contribution in [0.4, 0.5) is 13.2 Å². The van der Waals surface area contributed by atoms with Crippen molar-refractivity contribution in [3.05, 3.63) is 66.2 Å². The number of nitrogens with zero attached hydrogens (tertiary/aromatic N) is 1. The molecule has 0 fully saturated rings. The van der Waals surface area contributed by atoms with E-state index in [-0.39, 0.29) is 18.8 Å². The average Bonchev–Trinajstić information content (AvgIpc) is 3.09. The Balaban J connectivity index is 1.58. The zero-order valence-electron chi connectivity index (χ0n) is 15.0. The van der Waals surface area contributed by atoms with E-state index in [2.05, 4.69) is 9.72 Å². The van der Waals surface area contributed by atoms with Crippen LogP contribution in [0.25, 0.3) is 11.3 Å². The molecule has 1 heterocycles. The van der Waals surface area contributed by atoms with Crippen molar-refractivity contribution >= 4 is 5.97 Å². The predicted molar refractivity (Wildman–Crippen MR) is 95.6 cm³/mol. The number of hydrogen-bond donors (Lipinski definition) is 1. The van der Waals surface area contributed by atoms with Crippen LogP contribution in [0.1, 0.15) is 11.5 Å². The number of carboxylic acids is 1. The highest BCUT2D eigenvalue weighted by Gasteiger charge is 2.31. The normalized spacial score (nSPS) is 11.3. The van der Waals surface area contributed by atoms with E-state index in [0.717, 1.165) is 0 Å². The van der Waals surface area contributed by atoms with E-state index in [1.807, 2.05) is 0 Å². The summed E-state index contributed by atoms with van der Waals surface area (Å²) in [5.41, 5.74) is 1.41. The number of rotatable bonds is 8. The van der Waals surface area contributed by atoms with Crippen LogP contribution in [0.3, 0.4) is 0 Å². The zero-order chi connectivity index (χ0) is 20.9. The third-order valence-corrected chi connectivity index (χ3v) is 3.75. The fourth-order valence-corrected chi connectivity index (χ4v) is 2.59. The van der Waals surface area contributed by atoms with E-state index in [4.69, 9.17) is 14.3 Å². The molecule has 0 aliphatic rings. The molecule has 0 saturated heterocycles. The van der Waals surface area contributed by atoms with Crippen LogP contribution >= 0.6 is 0 Å². The van der Waals surface area contributed by atoms with Crippen LogP contribution in [0, 0.1) is 0 Å². The quantitative estimate of drug-likeness (QED) is 0.593. The highest BCUT2D eigenvalue weighted by Crippen LogP contribution is 2.27. The maximum Gasteiger partial charge on any atom is 0.573 e. The molecule has 2 aromatic carbocycles. The molecule has 0 amide bonds. The van der Waals surface area contributed by atoms with Crippen molar-refractivity contribution in [3.63, 3.8) is 0 Å². The summed E-state index contributed by atoms with van der Waals surface area (Å²) < 4.78 is 51.9. The third-order valence-electron chi connectivity index (χ3n) is 3.75. The van der Waals surface area contributed by atoms with Crippen molar-refractivity contribution in [3.8, 4) is 22.8 Å². The Hall–Kier alpha value is -3.49. The van der Waals surface area contributed by atoms with Gasteiger partial charge in [-0.2, -0.15) is 0 Å². The van der Waals surface area contributed by atoms with E-state index < -0.39 is 12.3 Å². The number of benzene rings is 2. The summed E-state index contributed by atoms with van der Waals surface area (Å²) in [6.07, 6.45) is -3.21. The van der Waals surface area contributed by atoms with Crippen LogP contribution in [0.15, 0.2) is 59.2 Å². The maximum absolute atomic E-state index is 12.3. The fourth-order valence-electron chi connectivity index (χ4n) is 2.59. The van der Waals surface area contributed by atoms with Crippen LogP contribution in [-0.4, -0.2) is 29.0 Å². The first-order valence-corrected chi connectivity index (χ1v) is 8.52. The number of hydrogen-bond acceptors (Lipinski definition) is 5. The summed E-state index contributed by atoms with van der Waals surface area (Å²) in [6.45, 7) is 0.230. The second kappa shape index (κ2) is 8.68. The average molecular weight is 407 g/mol. The molecule has 3 aromatic rings. The van der Waals surface area contributed by atoms with Crippen LogP contribution in [0.2, 0.25) is 0 Å². The second-order valence-corrected chi connectivity index (χ2v) is 6.02. The summed E-state index contributed by atoms with van der Waals surface area (Å²) in [6, 6.07) is 12.2. The van der Waals surface area contributed by atoms with Gasteiger partial charge in [-0.15, -0.1) is 13.2 Å². The van der Waals surface area contributed by atoms with Gasteiger partial charge < -0.3 is 19.0 Å². The van der Waals surface area contributed by atoms with Gasteiger partial charge in [0, 0.05) is 5.56 Å². The van der Waals surface area contributed by atoms with Gasteiger partial charge >= 0.3 is 12.3 Å². The Morgan fingerprint density at radius 3 is 2.62 bits per heavy atom. The summed E-state index contributed by atoms with van der Waals surface area (Å²) in [4.78, 5) is 15.0. The maximum atomic E-state index is 12.3. The van der Waals surface area contributed by atoms with Gasteiger partial charge in [0.1, 0.15) is 23.5 Å². The number of aliphatic carboxylic acids is 1. The summed E-state index contributed by atoms with van der Waals surface area (Å²) >= 11 is 0. The fraction of sp³-hybridized carbons (Fsp3) is 0.200. The first kappa shape index (κ1) is 20.2. The Labute approximate surface area is 163 Å². The van der Waals surface area contributed by atoms with Crippen molar-refractivity contribution in [1.82, 2.24) is 4.98 Å². The third kappa shape index (κ3) is 6.27. The van der Waals surface area contributed by atoms with E-state index in [0.29, 0.717) is 34.9 Å². The minimum Gasteiger partial charge on any atom is -0.493 e. The van der Waals surface area contributed by atoms with Gasteiger partial charge in [-0.25, -0.2) is 4.98 Å². The molecule has 0 unspecified atom stereocenters. The van der Waals surface area contributed by atoms with Gasteiger partial charge in [0.05, 0.1) is 19.4 Å². The molecule has 6 nitrogen and oxygen atoms in total. The van der Waals surface area contributed by atoms with Crippen molar-refractivity contribution in [2.45, 2.75) is 19.2 Å². The number of halogens is 3. The van der Waals surface area contributed by atoms with Gasteiger partial charge in [0.25, 0.3) is 0 Å². The molecule has 0 saturated carbocycles. The summed E-state index contributed by atoms with van der Waals surface area (Å²) in [5, 5.41) is 8.83. The van der Waals surface area contributed by atoms with E-state index >= 15 is 0 Å². The zero-order valence-corrected chi connectivity index (χ0v) is 15.0.